The minimum absolute atomic E-state index is 0.507. The summed E-state index contributed by atoms with van der Waals surface area (Å²) in [6.45, 7) is 2.47. The molecule has 1 N–H and O–H groups in total. The molecule has 94 valence electrons. The lowest BCUT2D eigenvalue weighted by atomic mass is 9.88. The summed E-state index contributed by atoms with van der Waals surface area (Å²) in [6, 6.07) is 9.19. The number of nitrogens with zero attached hydrogens (tertiary/aromatic N) is 2. The molecule has 1 atom stereocenters. The molecule has 1 aliphatic rings. The number of aromatic nitrogens is 2. The van der Waals surface area contributed by atoms with E-state index >= 15 is 0 Å². The van der Waals surface area contributed by atoms with Crippen molar-refractivity contribution in [2.45, 2.75) is 38.8 Å². The Balaban J connectivity index is 1.59. The highest BCUT2D eigenvalue weighted by atomic mass is 16.4. The van der Waals surface area contributed by atoms with E-state index in [1.807, 2.05) is 6.92 Å². The third-order valence-electron chi connectivity index (χ3n) is 3.46. The van der Waals surface area contributed by atoms with Gasteiger partial charge in [-0.25, -0.2) is 0 Å². The van der Waals surface area contributed by atoms with Gasteiger partial charge in [-0.3, -0.25) is 0 Å². The normalized spacial score (nSPS) is 18.6. The molecule has 2 aromatic rings. The number of benzene rings is 1. The first-order valence-electron chi connectivity index (χ1n) is 6.40. The van der Waals surface area contributed by atoms with Crippen LogP contribution in [0.4, 0.5) is 0 Å². The van der Waals surface area contributed by atoms with Gasteiger partial charge in [0.15, 0.2) is 0 Å². The van der Waals surface area contributed by atoms with Gasteiger partial charge < -0.3 is 9.73 Å². The van der Waals surface area contributed by atoms with Crippen molar-refractivity contribution in [1.82, 2.24) is 15.5 Å². The monoisotopic (exact) mass is 243 g/mol. The number of hydrogen-bond acceptors (Lipinski definition) is 4. The summed E-state index contributed by atoms with van der Waals surface area (Å²) in [7, 11) is 0. The van der Waals surface area contributed by atoms with E-state index in [9.17, 15) is 0 Å². The van der Waals surface area contributed by atoms with Crippen molar-refractivity contribution in [3.63, 3.8) is 0 Å². The first-order chi connectivity index (χ1) is 8.81. The SMILES string of the molecule is Cc1nnc(CNC2CCc3ccccc3C2)o1. The number of aryl methyl sites for hydroxylation is 2. The molecular formula is C14H17N3O. The molecule has 0 aliphatic heterocycles. The van der Waals surface area contributed by atoms with E-state index in [0.717, 1.165) is 12.8 Å². The number of rotatable bonds is 3. The van der Waals surface area contributed by atoms with E-state index < -0.39 is 0 Å². The Labute approximate surface area is 106 Å². The van der Waals surface area contributed by atoms with Crippen molar-refractivity contribution in [3.8, 4) is 0 Å². The smallest absolute Gasteiger partial charge is 0.230 e. The summed E-state index contributed by atoms with van der Waals surface area (Å²) in [5.74, 6) is 1.30. The van der Waals surface area contributed by atoms with Crippen molar-refractivity contribution in [2.75, 3.05) is 0 Å². The highest BCUT2D eigenvalue weighted by Gasteiger charge is 2.18. The molecular weight excluding hydrogens is 226 g/mol. The Hall–Kier alpha value is -1.68. The van der Waals surface area contributed by atoms with Crippen LogP contribution >= 0.6 is 0 Å². The zero-order valence-corrected chi connectivity index (χ0v) is 10.5. The van der Waals surface area contributed by atoms with Crippen LogP contribution in [0.2, 0.25) is 0 Å². The summed E-state index contributed by atoms with van der Waals surface area (Å²) in [5, 5.41) is 11.3. The van der Waals surface area contributed by atoms with Crippen LogP contribution in [0.25, 0.3) is 0 Å². The molecule has 4 nitrogen and oxygen atoms in total. The maximum atomic E-state index is 5.36. The molecule has 0 bridgehead atoms. The predicted octanol–water partition coefficient (Wildman–Crippen LogP) is 2.03. The van der Waals surface area contributed by atoms with Gasteiger partial charge in [-0.2, -0.15) is 0 Å². The fraction of sp³-hybridized carbons (Fsp3) is 0.429. The maximum Gasteiger partial charge on any atom is 0.230 e. The molecule has 0 saturated carbocycles. The highest BCUT2D eigenvalue weighted by Crippen LogP contribution is 2.21. The van der Waals surface area contributed by atoms with Crippen LogP contribution in [0.3, 0.4) is 0 Å². The Morgan fingerprint density at radius 2 is 2.11 bits per heavy atom. The van der Waals surface area contributed by atoms with Crippen LogP contribution in [0, 0.1) is 6.92 Å². The van der Waals surface area contributed by atoms with Crippen LogP contribution in [0.15, 0.2) is 28.7 Å². The van der Waals surface area contributed by atoms with Gasteiger partial charge in [-0.1, -0.05) is 24.3 Å². The van der Waals surface area contributed by atoms with E-state index in [0.29, 0.717) is 24.4 Å². The van der Waals surface area contributed by atoms with Gasteiger partial charge in [-0.15, -0.1) is 10.2 Å². The lowest BCUT2D eigenvalue weighted by Gasteiger charge is -2.24. The van der Waals surface area contributed by atoms with Crippen molar-refractivity contribution in [3.05, 3.63) is 47.2 Å². The van der Waals surface area contributed by atoms with Gasteiger partial charge >= 0.3 is 0 Å². The Bertz CT molecular complexity index is 535. The molecule has 1 aliphatic carbocycles. The lowest BCUT2D eigenvalue weighted by Crippen LogP contribution is -2.34. The van der Waals surface area contributed by atoms with Gasteiger partial charge in [-0.05, 0) is 30.4 Å². The molecule has 0 fully saturated rings. The van der Waals surface area contributed by atoms with Crippen molar-refractivity contribution >= 4 is 0 Å². The summed E-state index contributed by atoms with van der Waals surface area (Å²) >= 11 is 0. The minimum Gasteiger partial charge on any atom is -0.424 e. The molecule has 0 saturated heterocycles. The second-order valence-electron chi connectivity index (χ2n) is 4.80. The van der Waals surface area contributed by atoms with Gasteiger partial charge in [0, 0.05) is 13.0 Å². The van der Waals surface area contributed by atoms with Gasteiger partial charge in [0.25, 0.3) is 0 Å². The average molecular weight is 243 g/mol. The van der Waals surface area contributed by atoms with Crippen LogP contribution in [-0.4, -0.2) is 16.2 Å². The molecule has 1 aromatic carbocycles. The Morgan fingerprint density at radius 3 is 2.89 bits per heavy atom. The van der Waals surface area contributed by atoms with E-state index in [1.54, 1.807) is 0 Å². The van der Waals surface area contributed by atoms with Crippen LogP contribution in [0.1, 0.15) is 29.3 Å². The second kappa shape index (κ2) is 4.90. The molecule has 3 rings (SSSR count). The van der Waals surface area contributed by atoms with E-state index in [1.165, 1.54) is 17.5 Å². The maximum absolute atomic E-state index is 5.36. The fourth-order valence-corrected chi connectivity index (χ4v) is 2.51. The summed E-state index contributed by atoms with van der Waals surface area (Å²) < 4.78 is 5.36. The second-order valence-corrected chi connectivity index (χ2v) is 4.80. The van der Waals surface area contributed by atoms with E-state index in [-0.39, 0.29) is 0 Å². The summed E-state index contributed by atoms with van der Waals surface area (Å²) in [5.41, 5.74) is 2.95. The zero-order valence-electron chi connectivity index (χ0n) is 10.5. The average Bonchev–Trinajstić information content (AvgIpc) is 2.82. The van der Waals surface area contributed by atoms with Crippen LogP contribution in [-0.2, 0) is 19.4 Å². The van der Waals surface area contributed by atoms with E-state index in [4.69, 9.17) is 4.42 Å². The standard InChI is InChI=1S/C14H17N3O/c1-10-16-17-14(18-10)9-15-13-7-6-11-4-2-3-5-12(11)8-13/h2-5,13,15H,6-9H2,1H3. The molecule has 1 aromatic heterocycles. The predicted molar refractivity (Wildman–Crippen MR) is 68.1 cm³/mol. The minimum atomic E-state index is 0.507. The molecule has 18 heavy (non-hydrogen) atoms. The molecule has 4 heteroatoms. The molecule has 1 heterocycles. The fourth-order valence-electron chi connectivity index (χ4n) is 2.51. The van der Waals surface area contributed by atoms with E-state index in [2.05, 4.69) is 39.8 Å². The van der Waals surface area contributed by atoms with Crippen molar-refractivity contribution < 1.29 is 4.42 Å². The lowest BCUT2D eigenvalue weighted by molar-refractivity contribution is 0.399. The van der Waals surface area contributed by atoms with Crippen molar-refractivity contribution in [1.29, 1.82) is 0 Å². The van der Waals surface area contributed by atoms with Crippen LogP contribution < -0.4 is 5.32 Å². The molecule has 1 unspecified atom stereocenters. The first-order valence-corrected chi connectivity index (χ1v) is 6.40. The Morgan fingerprint density at radius 1 is 1.28 bits per heavy atom. The highest BCUT2D eigenvalue weighted by molar-refractivity contribution is 5.30. The zero-order chi connectivity index (χ0) is 12.4. The van der Waals surface area contributed by atoms with Crippen molar-refractivity contribution in [2.24, 2.45) is 0 Å². The number of fused-ring (bicyclic) bond motifs is 1. The summed E-state index contributed by atoms with van der Waals surface area (Å²) in [6.07, 6.45) is 3.41. The molecule has 0 spiro atoms. The van der Waals surface area contributed by atoms with Gasteiger partial charge in [0.2, 0.25) is 11.8 Å². The Kier molecular flexibility index (Phi) is 3.11. The topological polar surface area (TPSA) is 51.0 Å². The molecule has 0 radical (unpaired) electrons. The third-order valence-corrected chi connectivity index (χ3v) is 3.46. The number of hydrogen-bond donors (Lipinski definition) is 1. The quantitative estimate of drug-likeness (QED) is 0.896. The van der Waals surface area contributed by atoms with Crippen LogP contribution in [0.5, 0.6) is 0 Å². The van der Waals surface area contributed by atoms with Gasteiger partial charge in [0.05, 0.1) is 6.54 Å². The third kappa shape index (κ3) is 2.43. The largest absolute Gasteiger partial charge is 0.424 e. The van der Waals surface area contributed by atoms with Gasteiger partial charge in [0.1, 0.15) is 0 Å². The molecule has 0 amide bonds. The number of nitrogens with one attached hydrogen (secondary N) is 1. The summed E-state index contributed by atoms with van der Waals surface area (Å²) in [4.78, 5) is 0. The first kappa shape index (κ1) is 11.4.